The Balaban J connectivity index is 1.71. The highest BCUT2D eigenvalue weighted by Gasteiger charge is 2.33. The van der Waals surface area contributed by atoms with Crippen molar-refractivity contribution < 1.29 is 13.3 Å². The Labute approximate surface area is 154 Å². The van der Waals surface area contributed by atoms with E-state index < -0.39 is 20.6 Å². The van der Waals surface area contributed by atoms with Crippen molar-refractivity contribution in [1.29, 1.82) is 0 Å². The van der Waals surface area contributed by atoms with Gasteiger partial charge in [-0.05, 0) is 18.2 Å². The van der Waals surface area contributed by atoms with Crippen LogP contribution in [0.5, 0.6) is 0 Å². The summed E-state index contributed by atoms with van der Waals surface area (Å²) in [6.45, 7) is 2.45. The molecule has 2 aromatic rings. The lowest BCUT2D eigenvalue weighted by atomic mass is 10.3. The van der Waals surface area contributed by atoms with Crippen molar-refractivity contribution >= 4 is 38.6 Å². The number of halogens is 1. The molecule has 0 amide bonds. The molecule has 0 unspecified atom stereocenters. The number of hydrogen-bond donors (Lipinski definition) is 0. The standard InChI is InChI=1S/C15H16ClN3O4S2/c16-15-6-5-12(24-15)11-17-7-9-18(10-8-17)25(22,23)14-4-2-1-3-13(14)19(20)21/h1-6H,7-11H2. The summed E-state index contributed by atoms with van der Waals surface area (Å²) in [6.07, 6.45) is 0. The van der Waals surface area contributed by atoms with Crippen LogP contribution >= 0.6 is 22.9 Å². The second-order valence-electron chi connectivity index (χ2n) is 5.61. The summed E-state index contributed by atoms with van der Waals surface area (Å²) in [5, 5.41) is 11.1. The molecule has 0 saturated carbocycles. The van der Waals surface area contributed by atoms with Gasteiger partial charge in [-0.1, -0.05) is 23.7 Å². The monoisotopic (exact) mass is 401 g/mol. The van der Waals surface area contributed by atoms with Crippen molar-refractivity contribution in [2.45, 2.75) is 11.4 Å². The molecule has 25 heavy (non-hydrogen) atoms. The molecule has 0 spiro atoms. The molecule has 134 valence electrons. The molecule has 1 saturated heterocycles. The number of thiophene rings is 1. The van der Waals surface area contributed by atoms with Gasteiger partial charge in [0.1, 0.15) is 0 Å². The molecule has 0 N–H and O–H groups in total. The Morgan fingerprint density at radius 1 is 1.12 bits per heavy atom. The Morgan fingerprint density at radius 3 is 2.40 bits per heavy atom. The van der Waals surface area contributed by atoms with Gasteiger partial charge in [0.2, 0.25) is 10.0 Å². The molecule has 0 atom stereocenters. The van der Waals surface area contributed by atoms with Crippen LogP contribution in [0.25, 0.3) is 0 Å². The first-order valence-corrected chi connectivity index (χ1v) is 10.2. The van der Waals surface area contributed by atoms with Crippen molar-refractivity contribution in [1.82, 2.24) is 9.21 Å². The summed E-state index contributed by atoms with van der Waals surface area (Å²) in [5.41, 5.74) is -0.391. The minimum absolute atomic E-state index is 0.251. The van der Waals surface area contributed by atoms with Crippen LogP contribution in [0, 0.1) is 10.1 Å². The number of nitrogens with zero attached hydrogens (tertiary/aromatic N) is 3. The predicted octanol–water partition coefficient (Wildman–Crippen LogP) is 2.82. The van der Waals surface area contributed by atoms with E-state index in [4.69, 9.17) is 11.6 Å². The Morgan fingerprint density at radius 2 is 1.80 bits per heavy atom. The molecule has 10 heteroatoms. The van der Waals surface area contributed by atoms with Gasteiger partial charge in [0.05, 0.1) is 9.26 Å². The first-order chi connectivity index (χ1) is 11.9. The maximum absolute atomic E-state index is 12.8. The van der Waals surface area contributed by atoms with E-state index in [1.807, 2.05) is 12.1 Å². The van der Waals surface area contributed by atoms with Crippen LogP contribution in [0.3, 0.4) is 0 Å². The van der Waals surface area contributed by atoms with E-state index in [0.717, 1.165) is 15.8 Å². The number of piperazine rings is 1. The van der Waals surface area contributed by atoms with E-state index in [1.54, 1.807) is 0 Å². The van der Waals surface area contributed by atoms with Gasteiger partial charge in [-0.25, -0.2) is 8.42 Å². The summed E-state index contributed by atoms with van der Waals surface area (Å²) in [4.78, 5) is 13.5. The maximum Gasteiger partial charge on any atom is 0.289 e. The van der Waals surface area contributed by atoms with Crippen molar-refractivity contribution in [3.8, 4) is 0 Å². The van der Waals surface area contributed by atoms with Crippen molar-refractivity contribution in [2.24, 2.45) is 0 Å². The fraction of sp³-hybridized carbons (Fsp3) is 0.333. The van der Waals surface area contributed by atoms with E-state index in [0.29, 0.717) is 26.2 Å². The van der Waals surface area contributed by atoms with E-state index in [2.05, 4.69) is 4.90 Å². The number of sulfonamides is 1. The summed E-state index contributed by atoms with van der Waals surface area (Å²) in [7, 11) is -3.88. The Bertz CT molecular complexity index is 876. The minimum atomic E-state index is -3.88. The molecule has 1 aromatic heterocycles. The van der Waals surface area contributed by atoms with Gasteiger partial charge < -0.3 is 0 Å². The van der Waals surface area contributed by atoms with Crippen molar-refractivity contribution in [3.63, 3.8) is 0 Å². The van der Waals surface area contributed by atoms with Gasteiger partial charge in [-0.2, -0.15) is 4.31 Å². The quantitative estimate of drug-likeness (QED) is 0.568. The van der Waals surface area contributed by atoms with Gasteiger partial charge in [0, 0.05) is 43.7 Å². The van der Waals surface area contributed by atoms with Crippen LogP contribution in [0.2, 0.25) is 4.34 Å². The highest BCUT2D eigenvalue weighted by atomic mass is 35.5. The van der Waals surface area contributed by atoms with Gasteiger partial charge in [-0.3, -0.25) is 15.0 Å². The van der Waals surface area contributed by atoms with E-state index in [-0.39, 0.29) is 4.90 Å². The van der Waals surface area contributed by atoms with Crippen LogP contribution in [0.15, 0.2) is 41.3 Å². The molecule has 0 radical (unpaired) electrons. The zero-order valence-electron chi connectivity index (χ0n) is 13.2. The van der Waals surface area contributed by atoms with Crippen LogP contribution in [0.4, 0.5) is 5.69 Å². The first kappa shape index (κ1) is 18.3. The second-order valence-corrected chi connectivity index (χ2v) is 9.32. The molecule has 3 rings (SSSR count). The smallest absolute Gasteiger partial charge is 0.289 e. The van der Waals surface area contributed by atoms with Gasteiger partial charge in [-0.15, -0.1) is 11.3 Å². The number of benzene rings is 1. The van der Waals surface area contributed by atoms with Crippen LogP contribution in [0.1, 0.15) is 4.88 Å². The lowest BCUT2D eigenvalue weighted by molar-refractivity contribution is -0.387. The summed E-state index contributed by atoms with van der Waals surface area (Å²) < 4.78 is 27.6. The van der Waals surface area contributed by atoms with Crippen molar-refractivity contribution in [3.05, 3.63) is 55.7 Å². The van der Waals surface area contributed by atoms with Crippen LogP contribution in [-0.2, 0) is 16.6 Å². The normalized spacial score (nSPS) is 16.8. The fourth-order valence-corrected chi connectivity index (χ4v) is 5.46. The van der Waals surface area contributed by atoms with Crippen molar-refractivity contribution in [2.75, 3.05) is 26.2 Å². The van der Waals surface area contributed by atoms with Gasteiger partial charge in [0.15, 0.2) is 4.90 Å². The molecule has 2 heterocycles. The zero-order valence-corrected chi connectivity index (χ0v) is 15.6. The summed E-state index contributed by atoms with van der Waals surface area (Å²) >= 11 is 7.43. The molecule has 7 nitrogen and oxygen atoms in total. The molecule has 0 aliphatic carbocycles. The topological polar surface area (TPSA) is 83.8 Å². The third kappa shape index (κ3) is 4.01. The molecule has 1 aliphatic heterocycles. The molecule has 1 fully saturated rings. The fourth-order valence-electron chi connectivity index (χ4n) is 2.75. The minimum Gasteiger partial charge on any atom is -0.296 e. The number of para-hydroxylation sites is 1. The third-order valence-corrected chi connectivity index (χ3v) is 7.18. The molecule has 0 bridgehead atoms. The molecular weight excluding hydrogens is 386 g/mol. The molecule has 1 aliphatic rings. The Kier molecular flexibility index (Phi) is 5.40. The number of nitro benzene ring substituents is 1. The van der Waals surface area contributed by atoms with E-state index >= 15 is 0 Å². The highest BCUT2D eigenvalue weighted by Crippen LogP contribution is 2.28. The molecule has 1 aromatic carbocycles. The van der Waals surface area contributed by atoms with E-state index in [1.165, 1.54) is 39.9 Å². The summed E-state index contributed by atoms with van der Waals surface area (Å²) in [5.74, 6) is 0. The first-order valence-electron chi connectivity index (χ1n) is 7.58. The highest BCUT2D eigenvalue weighted by molar-refractivity contribution is 7.89. The van der Waals surface area contributed by atoms with Crippen LogP contribution in [-0.4, -0.2) is 48.7 Å². The van der Waals surface area contributed by atoms with E-state index in [9.17, 15) is 18.5 Å². The second kappa shape index (κ2) is 7.38. The zero-order chi connectivity index (χ0) is 18.0. The van der Waals surface area contributed by atoms with Gasteiger partial charge in [0.25, 0.3) is 5.69 Å². The summed E-state index contributed by atoms with van der Waals surface area (Å²) in [6, 6.07) is 9.26. The largest absolute Gasteiger partial charge is 0.296 e. The van der Waals surface area contributed by atoms with Crippen LogP contribution < -0.4 is 0 Å². The number of nitro groups is 1. The Hall–Kier alpha value is -1.52. The SMILES string of the molecule is O=[N+]([O-])c1ccccc1S(=O)(=O)N1CCN(Cc2ccc(Cl)s2)CC1. The lowest BCUT2D eigenvalue weighted by Gasteiger charge is -2.33. The molecular formula is C15H16ClN3O4S2. The number of rotatable bonds is 5. The average Bonchev–Trinajstić information content (AvgIpc) is 3.00. The average molecular weight is 402 g/mol. The number of hydrogen-bond acceptors (Lipinski definition) is 6. The third-order valence-electron chi connectivity index (χ3n) is 4.02. The lowest BCUT2D eigenvalue weighted by Crippen LogP contribution is -2.48. The maximum atomic E-state index is 12.8. The predicted molar refractivity (Wildman–Crippen MR) is 96.5 cm³/mol. The van der Waals surface area contributed by atoms with Gasteiger partial charge >= 0.3 is 0 Å².